The van der Waals surface area contributed by atoms with Gasteiger partial charge in [0, 0.05) is 0 Å². The molecule has 1 amide bonds. The third kappa shape index (κ3) is 0.955. The Morgan fingerprint density at radius 2 is 2.06 bits per heavy atom. The minimum atomic E-state index is -0.713. The molecule has 0 aromatic heterocycles. The molecule has 1 aliphatic carbocycles. The molecule has 1 saturated carbocycles. The number of fused-ring (bicyclic) bond motifs is 2. The average molecular weight is 225 g/mol. The molecule has 3 fully saturated rings. The summed E-state index contributed by atoms with van der Waals surface area (Å²) in [7, 11) is 0. The van der Waals surface area contributed by atoms with Gasteiger partial charge in [0.05, 0.1) is 17.6 Å². The van der Waals surface area contributed by atoms with Crippen LogP contribution in [0.25, 0.3) is 0 Å². The van der Waals surface area contributed by atoms with E-state index in [2.05, 4.69) is 19.2 Å². The number of ether oxygens (including phenoxy) is 1. The van der Waals surface area contributed by atoms with Gasteiger partial charge in [-0.05, 0) is 18.3 Å². The van der Waals surface area contributed by atoms with Crippen molar-refractivity contribution in [1.82, 2.24) is 5.32 Å². The lowest BCUT2D eigenvalue weighted by molar-refractivity contribution is -0.144. The van der Waals surface area contributed by atoms with E-state index in [1.807, 2.05) is 6.92 Å². The number of aliphatic hydroxyl groups is 1. The van der Waals surface area contributed by atoms with Crippen LogP contribution in [-0.2, 0) is 9.53 Å². The number of β-lactam (4-membered cyclic amide) rings is 1. The molecule has 0 aromatic rings. The van der Waals surface area contributed by atoms with Crippen molar-refractivity contribution in [2.45, 2.75) is 57.0 Å². The molecule has 2 saturated heterocycles. The van der Waals surface area contributed by atoms with Crippen LogP contribution >= 0.6 is 0 Å². The molecule has 0 bridgehead atoms. The predicted octanol–water partition coefficient (Wildman–Crippen LogP) is 0.439. The van der Waals surface area contributed by atoms with Gasteiger partial charge in [-0.25, -0.2) is 0 Å². The van der Waals surface area contributed by atoms with Gasteiger partial charge in [-0.2, -0.15) is 0 Å². The van der Waals surface area contributed by atoms with Crippen LogP contribution in [0.2, 0.25) is 0 Å². The number of nitrogens with one attached hydrogen (secondary N) is 1. The SMILES string of the molecule is CCC1(O)C(C)C(C)C2(CC(=O)N2)C2OC21. The maximum atomic E-state index is 11.2. The smallest absolute Gasteiger partial charge is 0.223 e. The van der Waals surface area contributed by atoms with E-state index >= 15 is 0 Å². The van der Waals surface area contributed by atoms with E-state index in [4.69, 9.17) is 4.74 Å². The van der Waals surface area contributed by atoms with E-state index in [9.17, 15) is 9.90 Å². The highest BCUT2D eigenvalue weighted by molar-refractivity contribution is 5.85. The van der Waals surface area contributed by atoms with Gasteiger partial charge in [0.25, 0.3) is 0 Å². The summed E-state index contributed by atoms with van der Waals surface area (Å²) in [5.41, 5.74) is -0.905. The summed E-state index contributed by atoms with van der Waals surface area (Å²) in [6.45, 7) is 6.18. The van der Waals surface area contributed by atoms with Gasteiger partial charge in [0.1, 0.15) is 12.2 Å². The zero-order valence-electron chi connectivity index (χ0n) is 9.99. The Hall–Kier alpha value is -0.610. The predicted molar refractivity (Wildman–Crippen MR) is 57.7 cm³/mol. The molecule has 90 valence electrons. The molecule has 1 spiro atoms. The standard InChI is InChI=1S/C12H19NO3/c1-4-12(15)7(3)6(2)11(5-8(14)13-11)9-10(12)16-9/h6-7,9-10,15H,4-5H2,1-3H3,(H,13,14). The van der Waals surface area contributed by atoms with Crippen LogP contribution < -0.4 is 5.32 Å². The molecule has 0 aromatic carbocycles. The highest BCUT2D eigenvalue weighted by atomic mass is 16.6. The Balaban J connectivity index is 1.92. The van der Waals surface area contributed by atoms with Crippen LogP contribution in [-0.4, -0.2) is 34.4 Å². The quantitative estimate of drug-likeness (QED) is 0.503. The van der Waals surface area contributed by atoms with Gasteiger partial charge in [0.15, 0.2) is 0 Å². The van der Waals surface area contributed by atoms with Crippen molar-refractivity contribution in [1.29, 1.82) is 0 Å². The molecule has 4 nitrogen and oxygen atoms in total. The lowest BCUT2D eigenvalue weighted by atomic mass is 9.57. The number of carbonyl (C=O) groups is 1. The highest BCUT2D eigenvalue weighted by Gasteiger charge is 2.74. The fourth-order valence-corrected chi connectivity index (χ4v) is 3.76. The van der Waals surface area contributed by atoms with E-state index in [0.29, 0.717) is 12.8 Å². The Labute approximate surface area is 95.4 Å². The van der Waals surface area contributed by atoms with Crippen molar-refractivity contribution in [3.05, 3.63) is 0 Å². The zero-order valence-corrected chi connectivity index (χ0v) is 9.99. The highest BCUT2D eigenvalue weighted by Crippen LogP contribution is 2.58. The second-order valence-electron chi connectivity index (χ2n) is 5.66. The minimum Gasteiger partial charge on any atom is -0.387 e. The monoisotopic (exact) mass is 225 g/mol. The number of rotatable bonds is 1. The number of amides is 1. The molecular weight excluding hydrogens is 206 g/mol. The molecule has 4 heteroatoms. The summed E-state index contributed by atoms with van der Waals surface area (Å²) in [6, 6.07) is 0. The molecule has 6 atom stereocenters. The van der Waals surface area contributed by atoms with Crippen molar-refractivity contribution in [2.75, 3.05) is 0 Å². The molecule has 2 aliphatic heterocycles. The van der Waals surface area contributed by atoms with Gasteiger partial charge < -0.3 is 15.2 Å². The summed E-state index contributed by atoms with van der Waals surface area (Å²) in [5, 5.41) is 13.6. The molecular formula is C12H19NO3. The molecule has 3 aliphatic rings. The first kappa shape index (κ1) is 10.5. The third-order valence-corrected chi connectivity index (χ3v) is 5.23. The lowest BCUT2D eigenvalue weighted by Crippen LogP contribution is -2.73. The van der Waals surface area contributed by atoms with Crippen LogP contribution in [0.5, 0.6) is 0 Å². The number of hydrogen-bond donors (Lipinski definition) is 2. The normalized spacial score (nSPS) is 58.9. The first-order chi connectivity index (χ1) is 7.45. The lowest BCUT2D eigenvalue weighted by Gasteiger charge is -2.54. The van der Waals surface area contributed by atoms with Crippen LogP contribution in [0.1, 0.15) is 33.6 Å². The first-order valence-corrected chi connectivity index (χ1v) is 6.14. The third-order valence-electron chi connectivity index (χ3n) is 5.23. The first-order valence-electron chi connectivity index (χ1n) is 6.14. The van der Waals surface area contributed by atoms with Crippen molar-refractivity contribution < 1.29 is 14.6 Å². The van der Waals surface area contributed by atoms with E-state index in [1.165, 1.54) is 0 Å². The maximum Gasteiger partial charge on any atom is 0.223 e. The summed E-state index contributed by atoms with van der Waals surface area (Å²) in [6.07, 6.45) is 1.22. The summed E-state index contributed by atoms with van der Waals surface area (Å²) in [5.74, 6) is 0.524. The fourth-order valence-electron chi connectivity index (χ4n) is 3.76. The second kappa shape index (κ2) is 2.79. The summed E-state index contributed by atoms with van der Waals surface area (Å²) >= 11 is 0. The topological polar surface area (TPSA) is 61.9 Å². The van der Waals surface area contributed by atoms with Crippen molar-refractivity contribution in [3.8, 4) is 0 Å². The Morgan fingerprint density at radius 3 is 2.56 bits per heavy atom. The van der Waals surface area contributed by atoms with Crippen LogP contribution in [0.3, 0.4) is 0 Å². The molecule has 2 heterocycles. The van der Waals surface area contributed by atoms with Crippen molar-refractivity contribution in [2.24, 2.45) is 11.8 Å². The fraction of sp³-hybridized carbons (Fsp3) is 0.917. The van der Waals surface area contributed by atoms with Gasteiger partial charge in [0.2, 0.25) is 5.91 Å². The number of epoxide rings is 1. The van der Waals surface area contributed by atoms with E-state index < -0.39 is 5.60 Å². The molecule has 0 radical (unpaired) electrons. The van der Waals surface area contributed by atoms with Crippen molar-refractivity contribution in [3.63, 3.8) is 0 Å². The molecule has 3 rings (SSSR count). The Kier molecular flexibility index (Phi) is 1.84. The Bertz CT molecular complexity index is 348. The largest absolute Gasteiger partial charge is 0.387 e. The molecule has 16 heavy (non-hydrogen) atoms. The van der Waals surface area contributed by atoms with Crippen molar-refractivity contribution >= 4 is 5.91 Å². The molecule has 6 unspecified atom stereocenters. The number of carbonyl (C=O) groups excluding carboxylic acids is 1. The molecule has 2 N–H and O–H groups in total. The van der Waals surface area contributed by atoms with E-state index in [1.54, 1.807) is 0 Å². The van der Waals surface area contributed by atoms with Gasteiger partial charge >= 0.3 is 0 Å². The van der Waals surface area contributed by atoms with Crippen LogP contribution in [0.4, 0.5) is 0 Å². The van der Waals surface area contributed by atoms with Gasteiger partial charge in [-0.15, -0.1) is 0 Å². The summed E-state index contributed by atoms with van der Waals surface area (Å²) < 4.78 is 5.67. The number of hydrogen-bond acceptors (Lipinski definition) is 3. The second-order valence-corrected chi connectivity index (χ2v) is 5.66. The van der Waals surface area contributed by atoms with Crippen LogP contribution in [0, 0.1) is 11.8 Å². The van der Waals surface area contributed by atoms with Crippen LogP contribution in [0.15, 0.2) is 0 Å². The zero-order chi connectivity index (χ0) is 11.7. The summed E-state index contributed by atoms with van der Waals surface area (Å²) in [4.78, 5) is 11.2. The van der Waals surface area contributed by atoms with Gasteiger partial charge in [-0.3, -0.25) is 4.79 Å². The average Bonchev–Trinajstić information content (AvgIpc) is 3.00. The van der Waals surface area contributed by atoms with Gasteiger partial charge in [-0.1, -0.05) is 20.8 Å². The van der Waals surface area contributed by atoms with E-state index in [-0.39, 0.29) is 35.5 Å². The maximum absolute atomic E-state index is 11.2. The van der Waals surface area contributed by atoms with E-state index in [0.717, 1.165) is 0 Å². The minimum absolute atomic E-state index is 0.0290. The Morgan fingerprint density at radius 1 is 1.44 bits per heavy atom.